The van der Waals surface area contributed by atoms with Gasteiger partial charge in [-0.25, -0.2) is 9.67 Å². The average Bonchev–Trinajstić information content (AvgIpc) is 2.94. The molecule has 1 atom stereocenters. The van der Waals surface area contributed by atoms with Crippen molar-refractivity contribution < 1.29 is 4.79 Å². The van der Waals surface area contributed by atoms with Gasteiger partial charge in [-0.15, -0.1) is 5.10 Å². The second kappa shape index (κ2) is 6.66. The highest BCUT2D eigenvalue weighted by atomic mass is 16.2. The summed E-state index contributed by atoms with van der Waals surface area (Å²) in [4.78, 5) is 15.7. The van der Waals surface area contributed by atoms with Crippen LogP contribution in [0.25, 0.3) is 0 Å². The summed E-state index contributed by atoms with van der Waals surface area (Å²) in [6.45, 7) is 4.08. The molecule has 0 bridgehead atoms. The van der Waals surface area contributed by atoms with Gasteiger partial charge in [0.2, 0.25) is 5.91 Å². The monoisotopic (exact) mass is 283 g/mol. The molecule has 0 aliphatic heterocycles. The minimum atomic E-state index is -0.170. The van der Waals surface area contributed by atoms with Crippen molar-refractivity contribution in [3.63, 3.8) is 0 Å². The summed E-state index contributed by atoms with van der Waals surface area (Å²) < 4.78 is 1.35. The highest BCUT2D eigenvalue weighted by Crippen LogP contribution is 2.13. The summed E-state index contributed by atoms with van der Waals surface area (Å²) in [5.74, 6) is -0.109. The number of amides is 1. The number of hydrogen-bond acceptors (Lipinski definition) is 4. The average molecular weight is 283 g/mol. The Balaban J connectivity index is 1.93. The summed E-state index contributed by atoms with van der Waals surface area (Å²) in [7, 11) is 0. The maximum atomic E-state index is 11.9. The van der Waals surface area contributed by atoms with Crippen molar-refractivity contribution in [1.29, 1.82) is 5.26 Å². The molecule has 0 spiro atoms. The van der Waals surface area contributed by atoms with Crippen molar-refractivity contribution in [3.05, 3.63) is 47.5 Å². The van der Waals surface area contributed by atoms with Gasteiger partial charge in [0, 0.05) is 0 Å². The molecule has 6 nitrogen and oxygen atoms in total. The van der Waals surface area contributed by atoms with Gasteiger partial charge < -0.3 is 5.32 Å². The van der Waals surface area contributed by atoms with Gasteiger partial charge in [0.05, 0.1) is 6.04 Å². The van der Waals surface area contributed by atoms with Gasteiger partial charge in [-0.1, -0.05) is 31.2 Å². The van der Waals surface area contributed by atoms with Crippen LogP contribution in [0.15, 0.2) is 30.6 Å². The third-order valence-electron chi connectivity index (χ3n) is 3.21. The maximum Gasteiger partial charge on any atom is 0.252 e. The molecular formula is C15H17N5O. The van der Waals surface area contributed by atoms with E-state index in [9.17, 15) is 4.79 Å². The number of carbonyl (C=O) groups excluding carboxylic acids is 1. The Bertz CT molecular complexity index is 653. The lowest BCUT2D eigenvalue weighted by molar-refractivity contribution is -0.122. The second-order valence-electron chi connectivity index (χ2n) is 4.76. The fourth-order valence-corrected chi connectivity index (χ4v) is 1.98. The van der Waals surface area contributed by atoms with E-state index >= 15 is 0 Å². The number of hydrogen-bond donors (Lipinski definition) is 1. The lowest BCUT2D eigenvalue weighted by Gasteiger charge is -2.14. The Hall–Kier alpha value is -2.68. The standard InChI is InChI=1S/C15H17N5O/c1-3-12-4-6-13(7-5-12)11(2)18-15(21)9-20-10-17-14(8-16)19-20/h4-7,10-11H,3,9H2,1-2H3,(H,18,21)/t11-/m1/s1. The molecule has 1 amide bonds. The zero-order valence-corrected chi connectivity index (χ0v) is 12.1. The number of aromatic nitrogens is 3. The highest BCUT2D eigenvalue weighted by Gasteiger charge is 2.11. The van der Waals surface area contributed by atoms with Crippen LogP contribution in [0.5, 0.6) is 0 Å². The molecule has 108 valence electrons. The van der Waals surface area contributed by atoms with E-state index < -0.39 is 0 Å². The summed E-state index contributed by atoms with van der Waals surface area (Å²) >= 11 is 0. The lowest BCUT2D eigenvalue weighted by atomic mass is 10.1. The quantitative estimate of drug-likeness (QED) is 0.903. The molecule has 0 saturated carbocycles. The van der Waals surface area contributed by atoms with Gasteiger partial charge in [0.25, 0.3) is 5.82 Å². The first-order valence-corrected chi connectivity index (χ1v) is 6.80. The van der Waals surface area contributed by atoms with Crippen LogP contribution in [-0.4, -0.2) is 20.7 Å². The highest BCUT2D eigenvalue weighted by molar-refractivity contribution is 5.76. The van der Waals surface area contributed by atoms with E-state index in [4.69, 9.17) is 5.26 Å². The smallest absolute Gasteiger partial charge is 0.252 e. The molecule has 1 N–H and O–H groups in total. The first-order chi connectivity index (χ1) is 10.1. The van der Waals surface area contributed by atoms with Crippen molar-refractivity contribution >= 4 is 5.91 Å². The molecule has 1 aromatic heterocycles. The fourth-order valence-electron chi connectivity index (χ4n) is 1.98. The Morgan fingerprint density at radius 3 is 2.71 bits per heavy atom. The van der Waals surface area contributed by atoms with E-state index in [-0.39, 0.29) is 24.3 Å². The molecule has 2 rings (SSSR count). The first-order valence-electron chi connectivity index (χ1n) is 6.80. The number of nitrogens with one attached hydrogen (secondary N) is 1. The van der Waals surface area contributed by atoms with Gasteiger partial charge in [-0.05, 0) is 24.5 Å². The zero-order chi connectivity index (χ0) is 15.2. The van der Waals surface area contributed by atoms with Crippen molar-refractivity contribution in [3.8, 4) is 6.07 Å². The molecule has 0 saturated heterocycles. The molecule has 0 fully saturated rings. The lowest BCUT2D eigenvalue weighted by Crippen LogP contribution is -2.30. The Labute approximate surface area is 123 Å². The molecule has 2 aromatic rings. The van der Waals surface area contributed by atoms with Gasteiger partial charge in [-0.3, -0.25) is 4.79 Å². The van der Waals surface area contributed by atoms with Gasteiger partial charge >= 0.3 is 0 Å². The van der Waals surface area contributed by atoms with Crippen molar-refractivity contribution in [1.82, 2.24) is 20.1 Å². The second-order valence-corrected chi connectivity index (χ2v) is 4.76. The van der Waals surface area contributed by atoms with Crippen molar-refractivity contribution in [2.75, 3.05) is 0 Å². The summed E-state index contributed by atoms with van der Waals surface area (Å²) in [6.07, 6.45) is 2.37. The number of nitriles is 1. The van der Waals surface area contributed by atoms with E-state index in [0.29, 0.717) is 0 Å². The molecule has 0 unspecified atom stereocenters. The van der Waals surface area contributed by atoms with Gasteiger partial charge in [-0.2, -0.15) is 5.26 Å². The fraction of sp³-hybridized carbons (Fsp3) is 0.333. The first kappa shape index (κ1) is 14.7. The van der Waals surface area contributed by atoms with E-state index in [0.717, 1.165) is 12.0 Å². The number of benzene rings is 1. The zero-order valence-electron chi connectivity index (χ0n) is 12.1. The minimum absolute atomic E-state index is 0.0477. The van der Waals surface area contributed by atoms with Crippen LogP contribution in [0.1, 0.15) is 36.8 Å². The maximum absolute atomic E-state index is 11.9. The summed E-state index contributed by atoms with van der Waals surface area (Å²) in [5, 5.41) is 15.4. The number of nitrogens with zero attached hydrogens (tertiary/aromatic N) is 4. The normalized spacial score (nSPS) is 11.7. The minimum Gasteiger partial charge on any atom is -0.348 e. The number of rotatable bonds is 5. The Morgan fingerprint density at radius 1 is 1.43 bits per heavy atom. The molecule has 1 heterocycles. The van der Waals surface area contributed by atoms with E-state index in [1.807, 2.05) is 25.1 Å². The van der Waals surface area contributed by atoms with Crippen LogP contribution < -0.4 is 5.32 Å². The SMILES string of the molecule is CCc1ccc([C@@H](C)NC(=O)Cn2cnc(C#N)n2)cc1. The van der Waals surface area contributed by atoms with Crippen LogP contribution in [0.4, 0.5) is 0 Å². The van der Waals surface area contributed by atoms with E-state index in [1.165, 1.54) is 16.6 Å². The molecule has 21 heavy (non-hydrogen) atoms. The topological polar surface area (TPSA) is 83.6 Å². The third kappa shape index (κ3) is 3.89. The molecule has 0 radical (unpaired) electrons. The van der Waals surface area contributed by atoms with Crippen LogP contribution in [0.3, 0.4) is 0 Å². The van der Waals surface area contributed by atoms with Gasteiger partial charge in [0.1, 0.15) is 18.9 Å². The van der Waals surface area contributed by atoms with Crippen LogP contribution >= 0.6 is 0 Å². The van der Waals surface area contributed by atoms with Crippen molar-refractivity contribution in [2.45, 2.75) is 32.9 Å². The number of aryl methyl sites for hydroxylation is 1. The van der Waals surface area contributed by atoms with Crippen molar-refractivity contribution in [2.24, 2.45) is 0 Å². The Morgan fingerprint density at radius 2 is 2.14 bits per heavy atom. The largest absolute Gasteiger partial charge is 0.348 e. The molecule has 0 aliphatic carbocycles. The van der Waals surface area contributed by atoms with Crippen LogP contribution in [0, 0.1) is 11.3 Å². The predicted molar refractivity (Wildman–Crippen MR) is 77.1 cm³/mol. The van der Waals surface area contributed by atoms with Gasteiger partial charge in [0.15, 0.2) is 0 Å². The summed E-state index contributed by atoms with van der Waals surface area (Å²) in [5.41, 5.74) is 2.32. The Kier molecular flexibility index (Phi) is 4.67. The van der Waals surface area contributed by atoms with Crippen LogP contribution in [0.2, 0.25) is 0 Å². The summed E-state index contributed by atoms with van der Waals surface area (Å²) in [6, 6.07) is 9.91. The third-order valence-corrected chi connectivity index (χ3v) is 3.21. The van der Waals surface area contributed by atoms with E-state index in [1.54, 1.807) is 0 Å². The predicted octanol–water partition coefficient (Wildman–Crippen LogP) is 1.59. The number of carbonyl (C=O) groups is 1. The molecule has 0 aliphatic rings. The van der Waals surface area contributed by atoms with Crippen LogP contribution in [-0.2, 0) is 17.8 Å². The molecule has 1 aromatic carbocycles. The van der Waals surface area contributed by atoms with E-state index in [2.05, 4.69) is 34.5 Å². The molecule has 6 heteroatoms. The molecular weight excluding hydrogens is 266 g/mol.